The number of rotatable bonds is 1. The van der Waals surface area contributed by atoms with Crippen molar-refractivity contribution in [2.75, 3.05) is 0 Å². The summed E-state index contributed by atoms with van der Waals surface area (Å²) in [5, 5.41) is 7.37. The van der Waals surface area contributed by atoms with E-state index in [0.29, 0.717) is 11.1 Å². The Morgan fingerprint density at radius 3 is 3.08 bits per heavy atom. The summed E-state index contributed by atoms with van der Waals surface area (Å²) in [4.78, 5) is 0. The van der Waals surface area contributed by atoms with Crippen LogP contribution >= 0.6 is 0 Å². The first-order valence-corrected chi connectivity index (χ1v) is 3.56. The summed E-state index contributed by atoms with van der Waals surface area (Å²) in [5.41, 5.74) is 1.21. The zero-order valence-electron chi connectivity index (χ0n) is 6.34. The predicted octanol–water partition coefficient (Wildman–Crippen LogP) is 2.34. The van der Waals surface area contributed by atoms with Crippen molar-refractivity contribution in [2.24, 2.45) is 0 Å². The minimum absolute atomic E-state index is 0.276. The first-order valence-electron chi connectivity index (χ1n) is 3.56. The topological polar surface area (TPSA) is 28.7 Å². The molecule has 0 atom stereocenters. The first kappa shape index (κ1) is 7.03. The summed E-state index contributed by atoms with van der Waals surface area (Å²) in [6.07, 6.45) is 3.14. The molecule has 0 saturated carbocycles. The smallest absolute Gasteiger partial charge is 0.132 e. The third-order valence-corrected chi connectivity index (χ3v) is 1.78. The first-order chi connectivity index (χ1) is 5.81. The molecule has 1 aromatic carbocycles. The van der Waals surface area contributed by atoms with Gasteiger partial charge < -0.3 is 0 Å². The number of nitrogens with one attached hydrogen (secondary N) is 1. The van der Waals surface area contributed by atoms with Crippen molar-refractivity contribution in [1.82, 2.24) is 10.2 Å². The maximum atomic E-state index is 13.1. The lowest BCUT2D eigenvalue weighted by atomic mass is 10.1. The van der Waals surface area contributed by atoms with Crippen LogP contribution in [0.2, 0.25) is 0 Å². The molecular formula is C9H7FN2. The summed E-state index contributed by atoms with van der Waals surface area (Å²) in [6.45, 7) is 3.51. The van der Waals surface area contributed by atoms with Crippen LogP contribution in [0.25, 0.3) is 17.0 Å². The SMILES string of the molecule is C=Cc1cc2cn[nH]c2cc1F. The van der Waals surface area contributed by atoms with Crippen molar-refractivity contribution < 1.29 is 4.39 Å². The molecule has 0 saturated heterocycles. The third-order valence-electron chi connectivity index (χ3n) is 1.78. The van der Waals surface area contributed by atoms with Gasteiger partial charge in [0.15, 0.2) is 0 Å². The Labute approximate surface area is 68.7 Å². The number of halogens is 1. The molecule has 0 fully saturated rings. The third kappa shape index (κ3) is 0.906. The van der Waals surface area contributed by atoms with E-state index in [1.54, 1.807) is 12.3 Å². The van der Waals surface area contributed by atoms with Crippen molar-refractivity contribution in [3.8, 4) is 0 Å². The van der Waals surface area contributed by atoms with Gasteiger partial charge in [0, 0.05) is 17.0 Å². The Kier molecular flexibility index (Phi) is 1.43. The quantitative estimate of drug-likeness (QED) is 0.685. The van der Waals surface area contributed by atoms with Gasteiger partial charge in [-0.1, -0.05) is 12.7 Å². The van der Waals surface area contributed by atoms with E-state index in [-0.39, 0.29) is 5.82 Å². The lowest BCUT2D eigenvalue weighted by Crippen LogP contribution is -1.80. The van der Waals surface area contributed by atoms with E-state index in [0.717, 1.165) is 5.39 Å². The fraction of sp³-hybridized carbons (Fsp3) is 0. The molecule has 0 aliphatic carbocycles. The van der Waals surface area contributed by atoms with Crippen molar-refractivity contribution >= 4 is 17.0 Å². The van der Waals surface area contributed by atoms with Gasteiger partial charge in [-0.15, -0.1) is 0 Å². The molecule has 0 unspecified atom stereocenters. The normalized spacial score (nSPS) is 10.4. The van der Waals surface area contributed by atoms with Gasteiger partial charge in [0.1, 0.15) is 5.82 Å². The van der Waals surface area contributed by atoms with Crippen LogP contribution in [0.3, 0.4) is 0 Å². The van der Waals surface area contributed by atoms with Crippen LogP contribution < -0.4 is 0 Å². The lowest BCUT2D eigenvalue weighted by molar-refractivity contribution is 0.626. The number of H-pyrrole nitrogens is 1. The molecule has 0 aliphatic heterocycles. The number of aromatic nitrogens is 2. The van der Waals surface area contributed by atoms with Gasteiger partial charge in [-0.25, -0.2) is 4.39 Å². The van der Waals surface area contributed by atoms with Gasteiger partial charge in [0.2, 0.25) is 0 Å². The Morgan fingerprint density at radius 1 is 1.50 bits per heavy atom. The van der Waals surface area contributed by atoms with E-state index in [1.807, 2.05) is 0 Å². The van der Waals surface area contributed by atoms with E-state index >= 15 is 0 Å². The van der Waals surface area contributed by atoms with Crippen LogP contribution in [0.1, 0.15) is 5.56 Å². The largest absolute Gasteiger partial charge is 0.278 e. The van der Waals surface area contributed by atoms with Gasteiger partial charge in [-0.3, -0.25) is 5.10 Å². The van der Waals surface area contributed by atoms with Crippen LogP contribution in [-0.4, -0.2) is 10.2 Å². The molecule has 60 valence electrons. The molecule has 0 aliphatic rings. The van der Waals surface area contributed by atoms with Crippen molar-refractivity contribution in [3.05, 3.63) is 36.3 Å². The maximum absolute atomic E-state index is 13.1. The lowest BCUT2D eigenvalue weighted by Gasteiger charge is -1.95. The molecule has 2 aromatic rings. The highest BCUT2D eigenvalue weighted by molar-refractivity contribution is 5.80. The van der Waals surface area contributed by atoms with Crippen molar-refractivity contribution in [3.63, 3.8) is 0 Å². The summed E-state index contributed by atoms with van der Waals surface area (Å²) in [6, 6.07) is 3.13. The Hall–Kier alpha value is -1.64. The fourth-order valence-electron chi connectivity index (χ4n) is 1.14. The molecule has 12 heavy (non-hydrogen) atoms. The zero-order valence-corrected chi connectivity index (χ0v) is 6.34. The van der Waals surface area contributed by atoms with Crippen LogP contribution in [0.5, 0.6) is 0 Å². The highest BCUT2D eigenvalue weighted by Crippen LogP contribution is 2.17. The number of fused-ring (bicyclic) bond motifs is 1. The molecule has 0 amide bonds. The van der Waals surface area contributed by atoms with Gasteiger partial charge >= 0.3 is 0 Å². The van der Waals surface area contributed by atoms with Gasteiger partial charge in [0.25, 0.3) is 0 Å². The second-order valence-corrected chi connectivity index (χ2v) is 2.54. The average molecular weight is 162 g/mol. The highest BCUT2D eigenvalue weighted by Gasteiger charge is 2.01. The number of nitrogens with zero attached hydrogens (tertiary/aromatic N) is 1. The standard InChI is InChI=1S/C9H7FN2/c1-2-6-3-7-5-11-12-9(7)4-8(6)10/h2-5H,1H2,(H,11,12). The van der Waals surface area contributed by atoms with E-state index < -0.39 is 0 Å². The van der Waals surface area contributed by atoms with E-state index in [1.165, 1.54) is 12.1 Å². The fourth-order valence-corrected chi connectivity index (χ4v) is 1.14. The summed E-state index contributed by atoms with van der Waals surface area (Å²) < 4.78 is 13.1. The number of hydrogen-bond donors (Lipinski definition) is 1. The Morgan fingerprint density at radius 2 is 2.33 bits per heavy atom. The van der Waals surface area contributed by atoms with Crippen LogP contribution in [-0.2, 0) is 0 Å². The second kappa shape index (κ2) is 2.44. The maximum Gasteiger partial charge on any atom is 0.132 e. The monoisotopic (exact) mass is 162 g/mol. The molecule has 2 nitrogen and oxygen atoms in total. The highest BCUT2D eigenvalue weighted by atomic mass is 19.1. The zero-order chi connectivity index (χ0) is 8.55. The molecule has 0 bridgehead atoms. The summed E-state index contributed by atoms with van der Waals surface area (Å²) >= 11 is 0. The van der Waals surface area contributed by atoms with Gasteiger partial charge in [0.05, 0.1) is 11.7 Å². The van der Waals surface area contributed by atoms with Gasteiger partial charge in [-0.05, 0) is 6.07 Å². The Balaban J connectivity index is 2.81. The van der Waals surface area contributed by atoms with Gasteiger partial charge in [-0.2, -0.15) is 5.10 Å². The van der Waals surface area contributed by atoms with Crippen molar-refractivity contribution in [2.45, 2.75) is 0 Å². The summed E-state index contributed by atoms with van der Waals surface area (Å²) in [7, 11) is 0. The number of hydrogen-bond acceptors (Lipinski definition) is 1. The van der Waals surface area contributed by atoms with E-state index in [4.69, 9.17) is 0 Å². The summed E-state index contributed by atoms with van der Waals surface area (Å²) in [5.74, 6) is -0.276. The molecule has 0 radical (unpaired) electrons. The number of benzene rings is 1. The average Bonchev–Trinajstić information content (AvgIpc) is 2.49. The van der Waals surface area contributed by atoms with Crippen LogP contribution in [0.15, 0.2) is 24.9 Å². The molecule has 0 spiro atoms. The molecule has 1 aromatic heterocycles. The van der Waals surface area contributed by atoms with Crippen LogP contribution in [0.4, 0.5) is 4.39 Å². The van der Waals surface area contributed by atoms with E-state index in [2.05, 4.69) is 16.8 Å². The van der Waals surface area contributed by atoms with Crippen molar-refractivity contribution in [1.29, 1.82) is 0 Å². The minimum atomic E-state index is -0.276. The molecule has 1 heterocycles. The van der Waals surface area contributed by atoms with Crippen LogP contribution in [0, 0.1) is 5.82 Å². The predicted molar refractivity (Wildman–Crippen MR) is 46.1 cm³/mol. The Bertz CT molecular complexity index is 431. The van der Waals surface area contributed by atoms with E-state index in [9.17, 15) is 4.39 Å². The molecule has 2 rings (SSSR count). The molecular weight excluding hydrogens is 155 g/mol. The minimum Gasteiger partial charge on any atom is -0.278 e. The molecule has 3 heteroatoms. The number of aromatic amines is 1. The molecule has 1 N–H and O–H groups in total. The second-order valence-electron chi connectivity index (χ2n) is 2.54.